The molecule has 0 bridgehead atoms. The Hall–Kier alpha value is -3.39. The first-order chi connectivity index (χ1) is 14.7. The highest BCUT2D eigenvalue weighted by atomic mass is 32.2. The lowest BCUT2D eigenvalue weighted by molar-refractivity contribution is 0.576. The molecule has 0 atom stereocenters. The lowest BCUT2D eigenvalue weighted by atomic mass is 10.2. The summed E-state index contributed by atoms with van der Waals surface area (Å²) in [6.07, 6.45) is 3.35. The van der Waals surface area contributed by atoms with E-state index < -0.39 is 21.1 Å². The summed E-state index contributed by atoms with van der Waals surface area (Å²) >= 11 is 0. The third kappa shape index (κ3) is 3.86. The van der Waals surface area contributed by atoms with Gasteiger partial charge in [-0.25, -0.2) is 18.2 Å². The van der Waals surface area contributed by atoms with Crippen LogP contribution in [0, 0.1) is 17.8 Å². The summed E-state index contributed by atoms with van der Waals surface area (Å²) in [4.78, 5) is 33.8. The molecular formula is C20H22N6O4S. The molecule has 31 heavy (non-hydrogen) atoms. The average molecular weight is 443 g/mol. The van der Waals surface area contributed by atoms with Gasteiger partial charge in [0.05, 0.1) is 12.3 Å². The van der Waals surface area contributed by atoms with E-state index >= 15 is 0 Å². The number of rotatable bonds is 5. The summed E-state index contributed by atoms with van der Waals surface area (Å²) in [6, 6.07) is 3.49. The molecule has 1 aliphatic carbocycles. The second-order valence-electron chi connectivity index (χ2n) is 7.56. The minimum absolute atomic E-state index is 0.00957. The number of anilines is 1. The summed E-state index contributed by atoms with van der Waals surface area (Å²) in [7, 11) is 0.893. The Kier molecular flexibility index (Phi) is 5.18. The van der Waals surface area contributed by atoms with Crippen LogP contribution in [-0.2, 0) is 30.5 Å². The number of sulfone groups is 1. The van der Waals surface area contributed by atoms with Gasteiger partial charge in [-0.2, -0.15) is 4.98 Å². The maximum Gasteiger partial charge on any atom is 0.333 e. The molecule has 10 nitrogen and oxygen atoms in total. The molecule has 0 saturated heterocycles. The number of hydrogen-bond donors (Lipinski definition) is 1. The zero-order valence-corrected chi connectivity index (χ0v) is 18.2. The Bertz CT molecular complexity index is 1470. The molecule has 3 heterocycles. The van der Waals surface area contributed by atoms with E-state index in [1.165, 1.54) is 23.2 Å². The van der Waals surface area contributed by atoms with E-state index in [1.54, 1.807) is 25.4 Å². The molecule has 0 spiro atoms. The summed E-state index contributed by atoms with van der Waals surface area (Å²) < 4.78 is 29.0. The number of aromatic nitrogens is 5. The predicted molar refractivity (Wildman–Crippen MR) is 116 cm³/mol. The van der Waals surface area contributed by atoms with Crippen LogP contribution in [0.3, 0.4) is 0 Å². The minimum atomic E-state index is -3.68. The third-order valence-corrected chi connectivity index (χ3v) is 7.06. The number of nitrogens with one attached hydrogen (secondary N) is 1. The molecule has 4 rings (SSSR count). The molecule has 0 amide bonds. The first kappa shape index (κ1) is 20.9. The average Bonchev–Trinajstić information content (AvgIpc) is 3.47. The molecule has 0 aromatic carbocycles. The normalized spacial score (nSPS) is 13.8. The summed E-state index contributed by atoms with van der Waals surface area (Å²) in [5.41, 5.74) is -0.437. The Morgan fingerprint density at radius 1 is 1.23 bits per heavy atom. The van der Waals surface area contributed by atoms with Crippen molar-refractivity contribution in [2.45, 2.75) is 24.5 Å². The molecule has 0 unspecified atom stereocenters. The number of fused-ring (bicyclic) bond motifs is 1. The van der Waals surface area contributed by atoms with Crippen molar-refractivity contribution in [2.24, 2.45) is 20.0 Å². The predicted octanol–water partition coefficient (Wildman–Crippen LogP) is 0.106. The van der Waals surface area contributed by atoms with Crippen molar-refractivity contribution < 1.29 is 8.42 Å². The van der Waals surface area contributed by atoms with E-state index in [2.05, 4.69) is 27.1 Å². The Morgan fingerprint density at radius 2 is 1.97 bits per heavy atom. The van der Waals surface area contributed by atoms with Crippen molar-refractivity contribution in [3.63, 3.8) is 0 Å². The topological polar surface area (TPSA) is 121 Å². The van der Waals surface area contributed by atoms with Crippen LogP contribution in [0.2, 0.25) is 0 Å². The van der Waals surface area contributed by atoms with Crippen LogP contribution in [0.5, 0.6) is 0 Å². The number of hydrogen-bond acceptors (Lipinski definition) is 7. The van der Waals surface area contributed by atoms with Gasteiger partial charge in [0, 0.05) is 32.9 Å². The van der Waals surface area contributed by atoms with Crippen LogP contribution in [-0.4, -0.2) is 44.9 Å². The molecule has 162 valence electrons. The van der Waals surface area contributed by atoms with Crippen LogP contribution in [0.15, 0.2) is 33.1 Å². The fourth-order valence-corrected chi connectivity index (χ4v) is 5.20. The van der Waals surface area contributed by atoms with E-state index in [4.69, 9.17) is 0 Å². The highest BCUT2D eigenvalue weighted by Gasteiger charge is 2.33. The van der Waals surface area contributed by atoms with Crippen molar-refractivity contribution in [1.82, 2.24) is 23.7 Å². The van der Waals surface area contributed by atoms with Gasteiger partial charge in [-0.3, -0.25) is 13.9 Å². The monoisotopic (exact) mass is 442 g/mol. The van der Waals surface area contributed by atoms with Gasteiger partial charge in [-0.1, -0.05) is 11.8 Å². The summed E-state index contributed by atoms with van der Waals surface area (Å²) in [5, 5.41) is 2.72. The van der Waals surface area contributed by atoms with E-state index in [0.717, 1.165) is 17.4 Å². The van der Waals surface area contributed by atoms with Gasteiger partial charge in [0.1, 0.15) is 5.82 Å². The van der Waals surface area contributed by atoms with E-state index in [9.17, 15) is 18.0 Å². The fraction of sp³-hybridized carbons (Fsp3) is 0.400. The zero-order chi connectivity index (χ0) is 22.3. The van der Waals surface area contributed by atoms with Crippen molar-refractivity contribution >= 4 is 26.8 Å². The highest BCUT2D eigenvalue weighted by molar-refractivity contribution is 7.91. The van der Waals surface area contributed by atoms with Crippen molar-refractivity contribution in [1.29, 1.82) is 0 Å². The molecule has 0 radical (unpaired) electrons. The number of pyridine rings is 1. The van der Waals surface area contributed by atoms with Crippen molar-refractivity contribution in [3.8, 4) is 11.8 Å². The Balaban J connectivity index is 1.82. The quantitative estimate of drug-likeness (QED) is 0.557. The van der Waals surface area contributed by atoms with Crippen LogP contribution in [0.25, 0.3) is 11.2 Å². The molecular weight excluding hydrogens is 420 g/mol. The fourth-order valence-electron chi connectivity index (χ4n) is 3.36. The van der Waals surface area contributed by atoms with Gasteiger partial charge in [0.15, 0.2) is 11.2 Å². The SMILES string of the molecule is CNc1cc(C#CCn2c(=O)n(C)c(=O)c3c2nc(S(=O)(=O)CC2CC2)n3C)ccn1. The van der Waals surface area contributed by atoms with E-state index in [1.807, 2.05) is 0 Å². The zero-order valence-electron chi connectivity index (χ0n) is 17.4. The first-order valence-electron chi connectivity index (χ1n) is 9.74. The summed E-state index contributed by atoms with van der Waals surface area (Å²) in [6.45, 7) is -0.0558. The van der Waals surface area contributed by atoms with E-state index in [0.29, 0.717) is 11.4 Å². The molecule has 3 aromatic heterocycles. The van der Waals surface area contributed by atoms with Crippen LogP contribution < -0.4 is 16.6 Å². The minimum Gasteiger partial charge on any atom is -0.373 e. The van der Waals surface area contributed by atoms with Crippen LogP contribution in [0.4, 0.5) is 5.82 Å². The number of imidazole rings is 1. The number of aryl methyl sites for hydroxylation is 1. The lowest BCUT2D eigenvalue weighted by Crippen LogP contribution is -2.38. The smallest absolute Gasteiger partial charge is 0.333 e. The largest absolute Gasteiger partial charge is 0.373 e. The van der Waals surface area contributed by atoms with Crippen LogP contribution in [0.1, 0.15) is 18.4 Å². The molecule has 1 aliphatic rings. The second kappa shape index (κ2) is 7.70. The molecule has 1 N–H and O–H groups in total. The Morgan fingerprint density at radius 3 is 2.65 bits per heavy atom. The van der Waals surface area contributed by atoms with Gasteiger partial charge in [-0.05, 0) is 30.9 Å². The van der Waals surface area contributed by atoms with E-state index in [-0.39, 0.29) is 34.5 Å². The van der Waals surface area contributed by atoms with Crippen molar-refractivity contribution in [3.05, 3.63) is 44.7 Å². The van der Waals surface area contributed by atoms with Gasteiger partial charge in [0.25, 0.3) is 5.56 Å². The molecule has 1 saturated carbocycles. The maximum absolute atomic E-state index is 12.8. The Labute approximate surface area is 178 Å². The van der Waals surface area contributed by atoms with Gasteiger partial charge >= 0.3 is 5.69 Å². The van der Waals surface area contributed by atoms with Gasteiger partial charge < -0.3 is 9.88 Å². The second-order valence-corrected chi connectivity index (χ2v) is 9.49. The first-order valence-corrected chi connectivity index (χ1v) is 11.4. The number of nitrogens with zero attached hydrogens (tertiary/aromatic N) is 5. The molecule has 1 fully saturated rings. The van der Waals surface area contributed by atoms with Crippen LogP contribution >= 0.6 is 0 Å². The molecule has 3 aromatic rings. The third-order valence-electron chi connectivity index (χ3n) is 5.23. The standard InChI is InChI=1S/C20H22N6O4S/c1-21-15-11-13(8-9-22-15)5-4-10-26-17-16(18(27)25(3)20(26)28)24(2)19(23-17)31(29,30)12-14-6-7-14/h8-9,11,14H,6-7,10,12H2,1-3H3,(H,21,22). The molecule has 0 aliphatic heterocycles. The maximum atomic E-state index is 12.8. The lowest BCUT2D eigenvalue weighted by Gasteiger charge is -2.06. The van der Waals surface area contributed by atoms with Crippen molar-refractivity contribution in [2.75, 3.05) is 18.1 Å². The summed E-state index contributed by atoms with van der Waals surface area (Å²) in [5.74, 6) is 6.63. The van der Waals surface area contributed by atoms with Gasteiger partial charge in [-0.15, -0.1) is 0 Å². The molecule has 11 heteroatoms. The highest BCUT2D eigenvalue weighted by Crippen LogP contribution is 2.32. The van der Waals surface area contributed by atoms with Gasteiger partial charge in [0.2, 0.25) is 15.0 Å².